The zero-order valence-corrected chi connectivity index (χ0v) is 19.1. The highest BCUT2D eigenvalue weighted by Gasteiger charge is 2.59. The molecule has 0 aromatic carbocycles. The number of thiophene rings is 1. The van der Waals surface area contributed by atoms with Crippen molar-refractivity contribution in [1.29, 1.82) is 0 Å². The summed E-state index contributed by atoms with van der Waals surface area (Å²) in [6, 6.07) is 1.69. The molecule has 1 N–H and O–H groups in total. The van der Waals surface area contributed by atoms with E-state index in [1.165, 1.54) is 18.4 Å². The number of hydrogen-bond acceptors (Lipinski definition) is 7. The molecule has 1 saturated heterocycles. The zero-order chi connectivity index (χ0) is 20.2. The SMILES string of the molecule is CN1C(NC(=O)OC(C)(C)C)=NC2(c3sc(Br)cc3Cl)CCOC2S1(=O)=O. The van der Waals surface area contributed by atoms with Gasteiger partial charge in [-0.3, -0.25) is 5.32 Å². The number of aliphatic imine (C=N–C) groups is 1. The third-order valence-corrected chi connectivity index (χ3v) is 8.28. The van der Waals surface area contributed by atoms with Crippen LogP contribution in [0.5, 0.6) is 0 Å². The van der Waals surface area contributed by atoms with Crippen molar-refractivity contribution in [3.8, 4) is 0 Å². The van der Waals surface area contributed by atoms with E-state index in [4.69, 9.17) is 21.1 Å². The van der Waals surface area contributed by atoms with Crippen LogP contribution in [0.15, 0.2) is 14.8 Å². The Balaban J connectivity index is 2.09. The van der Waals surface area contributed by atoms with Gasteiger partial charge in [0.25, 0.3) is 10.0 Å². The molecule has 3 rings (SSSR count). The van der Waals surface area contributed by atoms with Gasteiger partial charge in [0, 0.05) is 13.5 Å². The molecule has 0 saturated carbocycles. The number of ether oxygens (including phenoxy) is 2. The van der Waals surface area contributed by atoms with Crippen molar-refractivity contribution in [3.05, 3.63) is 19.8 Å². The Bertz CT molecular complexity index is 911. The van der Waals surface area contributed by atoms with Crippen molar-refractivity contribution in [2.24, 2.45) is 4.99 Å². The third kappa shape index (κ3) is 3.71. The number of alkyl carbamates (subject to hydrolysis) is 1. The van der Waals surface area contributed by atoms with Gasteiger partial charge in [-0.05, 0) is 42.8 Å². The fourth-order valence-corrected chi connectivity index (χ4v) is 6.95. The summed E-state index contributed by atoms with van der Waals surface area (Å²) < 4.78 is 38.5. The average molecular weight is 501 g/mol. The summed E-state index contributed by atoms with van der Waals surface area (Å²) in [5, 5.41) is 2.84. The number of nitrogens with one attached hydrogen (secondary N) is 1. The molecule has 2 aliphatic rings. The van der Waals surface area contributed by atoms with E-state index in [1.807, 2.05) is 0 Å². The average Bonchev–Trinajstić information content (AvgIpc) is 3.07. The van der Waals surface area contributed by atoms with Gasteiger partial charge < -0.3 is 9.47 Å². The summed E-state index contributed by atoms with van der Waals surface area (Å²) in [6.45, 7) is 5.33. The normalized spacial score (nSPS) is 27.1. The Kier molecular flexibility index (Phi) is 5.30. The molecule has 0 radical (unpaired) electrons. The van der Waals surface area contributed by atoms with Gasteiger partial charge in [0.1, 0.15) is 11.1 Å². The topological polar surface area (TPSA) is 97.3 Å². The van der Waals surface area contributed by atoms with E-state index in [0.29, 0.717) is 16.3 Å². The number of nitrogens with zero attached hydrogens (tertiary/aromatic N) is 2. The number of halogens is 2. The maximum atomic E-state index is 13.0. The van der Waals surface area contributed by atoms with E-state index in [9.17, 15) is 13.2 Å². The maximum Gasteiger partial charge on any atom is 0.414 e. The summed E-state index contributed by atoms with van der Waals surface area (Å²) in [4.78, 5) is 17.4. The molecule has 1 aromatic heterocycles. The highest BCUT2D eigenvalue weighted by atomic mass is 79.9. The first-order chi connectivity index (χ1) is 12.4. The van der Waals surface area contributed by atoms with Gasteiger partial charge in [-0.15, -0.1) is 11.3 Å². The fraction of sp³-hybridized carbons (Fsp3) is 0.600. The predicted octanol–water partition coefficient (Wildman–Crippen LogP) is 3.26. The molecular weight excluding hydrogens is 482 g/mol. The molecule has 1 fully saturated rings. The summed E-state index contributed by atoms with van der Waals surface area (Å²) in [7, 11) is -2.64. The molecule has 1 amide bonds. The predicted molar refractivity (Wildman–Crippen MR) is 107 cm³/mol. The van der Waals surface area contributed by atoms with E-state index in [1.54, 1.807) is 26.8 Å². The van der Waals surface area contributed by atoms with Crippen LogP contribution in [0.3, 0.4) is 0 Å². The van der Waals surface area contributed by atoms with Crippen LogP contribution in [0.25, 0.3) is 0 Å². The largest absolute Gasteiger partial charge is 0.444 e. The minimum Gasteiger partial charge on any atom is -0.444 e. The Morgan fingerprint density at radius 1 is 1.56 bits per heavy atom. The first-order valence-corrected chi connectivity index (χ1v) is 11.5. The number of rotatable bonds is 1. The molecule has 1 aromatic rings. The minimum absolute atomic E-state index is 0.133. The molecule has 2 unspecified atom stereocenters. The van der Waals surface area contributed by atoms with E-state index in [2.05, 4.69) is 26.2 Å². The maximum absolute atomic E-state index is 13.0. The quantitative estimate of drug-likeness (QED) is 0.638. The minimum atomic E-state index is -3.95. The monoisotopic (exact) mass is 499 g/mol. The highest BCUT2D eigenvalue weighted by molar-refractivity contribution is 9.11. The molecule has 150 valence electrons. The van der Waals surface area contributed by atoms with Crippen LogP contribution < -0.4 is 5.32 Å². The number of hydrogen-bond donors (Lipinski definition) is 1. The second-order valence-electron chi connectivity index (χ2n) is 7.18. The molecule has 0 spiro atoms. The molecular formula is C15H19BrClN3O5S2. The lowest BCUT2D eigenvalue weighted by Crippen LogP contribution is -2.57. The lowest BCUT2D eigenvalue weighted by Gasteiger charge is -2.38. The molecule has 12 heteroatoms. The number of fused-ring (bicyclic) bond motifs is 1. The van der Waals surface area contributed by atoms with Crippen molar-refractivity contribution in [2.75, 3.05) is 13.7 Å². The van der Waals surface area contributed by atoms with Gasteiger partial charge in [0.15, 0.2) is 0 Å². The fourth-order valence-electron chi connectivity index (χ4n) is 2.95. The highest BCUT2D eigenvalue weighted by Crippen LogP contribution is 2.51. The van der Waals surface area contributed by atoms with Crippen LogP contribution >= 0.6 is 38.9 Å². The number of guanidine groups is 1. The lowest BCUT2D eigenvalue weighted by molar-refractivity contribution is 0.0557. The summed E-state index contributed by atoms with van der Waals surface area (Å²) in [6.07, 6.45) is -0.481. The van der Waals surface area contributed by atoms with Crippen LogP contribution in [-0.4, -0.2) is 49.5 Å². The van der Waals surface area contributed by atoms with E-state index >= 15 is 0 Å². The van der Waals surface area contributed by atoms with Crippen LogP contribution in [-0.2, 0) is 25.0 Å². The zero-order valence-electron chi connectivity index (χ0n) is 15.1. The Morgan fingerprint density at radius 2 is 2.22 bits per heavy atom. The summed E-state index contributed by atoms with van der Waals surface area (Å²) >= 11 is 11.0. The number of carbonyl (C=O) groups is 1. The second kappa shape index (κ2) is 6.87. The standard InChI is InChI=1S/C15H19BrClN3O5S2/c1-14(2,3)25-13(21)18-12-19-15(10-8(17)7-9(16)26-10)5-6-24-11(15)27(22,23)20(12)4/h7,11H,5-6H2,1-4H3,(H,18,19,21). The lowest BCUT2D eigenvalue weighted by atomic mass is 9.97. The van der Waals surface area contributed by atoms with Gasteiger partial charge >= 0.3 is 6.09 Å². The Hall–Kier alpha value is -0.880. The molecule has 2 aliphatic heterocycles. The van der Waals surface area contributed by atoms with Gasteiger partial charge in [-0.25, -0.2) is 22.5 Å². The third-order valence-electron chi connectivity index (χ3n) is 4.06. The van der Waals surface area contributed by atoms with Crippen molar-refractivity contribution >= 4 is 60.9 Å². The van der Waals surface area contributed by atoms with Crippen molar-refractivity contribution in [2.45, 2.75) is 43.8 Å². The van der Waals surface area contributed by atoms with Crippen molar-refractivity contribution < 1.29 is 22.7 Å². The van der Waals surface area contributed by atoms with Gasteiger partial charge in [0.2, 0.25) is 11.4 Å². The number of amides is 1. The Labute approximate surface area is 175 Å². The van der Waals surface area contributed by atoms with Crippen LogP contribution in [0.2, 0.25) is 5.02 Å². The molecule has 0 bridgehead atoms. The first-order valence-electron chi connectivity index (χ1n) is 8.01. The summed E-state index contributed by atoms with van der Waals surface area (Å²) in [5.41, 5.74) is -3.19. The van der Waals surface area contributed by atoms with E-state index < -0.39 is 32.7 Å². The summed E-state index contributed by atoms with van der Waals surface area (Å²) in [5.74, 6) is -0.133. The molecule has 3 heterocycles. The number of sulfonamides is 1. The van der Waals surface area contributed by atoms with Gasteiger partial charge in [-0.2, -0.15) is 0 Å². The molecule has 8 nitrogen and oxygen atoms in total. The first kappa shape index (κ1) is 20.8. The van der Waals surface area contributed by atoms with Gasteiger partial charge in [0.05, 0.1) is 20.3 Å². The van der Waals surface area contributed by atoms with Crippen LogP contribution in [0.4, 0.5) is 4.79 Å². The van der Waals surface area contributed by atoms with Crippen LogP contribution in [0.1, 0.15) is 32.1 Å². The molecule has 2 atom stereocenters. The molecule has 27 heavy (non-hydrogen) atoms. The van der Waals surface area contributed by atoms with E-state index in [-0.39, 0.29) is 12.6 Å². The number of carbonyl (C=O) groups excluding carboxylic acids is 1. The van der Waals surface area contributed by atoms with Gasteiger partial charge in [-0.1, -0.05) is 11.6 Å². The van der Waals surface area contributed by atoms with Crippen molar-refractivity contribution in [1.82, 2.24) is 9.62 Å². The molecule has 0 aliphatic carbocycles. The van der Waals surface area contributed by atoms with E-state index in [0.717, 1.165) is 8.09 Å². The van der Waals surface area contributed by atoms with Crippen molar-refractivity contribution in [3.63, 3.8) is 0 Å². The van der Waals surface area contributed by atoms with Crippen LogP contribution in [0, 0.1) is 0 Å². The Morgan fingerprint density at radius 3 is 2.78 bits per heavy atom. The smallest absolute Gasteiger partial charge is 0.414 e. The second-order valence-corrected chi connectivity index (χ2v) is 12.0.